The van der Waals surface area contributed by atoms with Crippen LogP contribution in [-0.4, -0.2) is 36.6 Å². The summed E-state index contributed by atoms with van der Waals surface area (Å²) < 4.78 is 0. The highest BCUT2D eigenvalue weighted by molar-refractivity contribution is 5.14. The molecule has 0 aromatic rings. The Hall–Kier alpha value is -0.340. The number of hydrogen-bond acceptors (Lipinski definition) is 2. The van der Waals surface area contributed by atoms with Crippen LogP contribution in [0.3, 0.4) is 0 Å². The van der Waals surface area contributed by atoms with Crippen molar-refractivity contribution >= 4 is 0 Å². The van der Waals surface area contributed by atoms with Crippen LogP contribution in [0.2, 0.25) is 0 Å². The van der Waals surface area contributed by atoms with Crippen molar-refractivity contribution in [3.8, 4) is 0 Å². The largest absolute Gasteiger partial charge is 0.307 e. The van der Waals surface area contributed by atoms with Gasteiger partial charge in [0, 0.05) is 24.7 Å². The van der Waals surface area contributed by atoms with E-state index >= 15 is 0 Å². The van der Waals surface area contributed by atoms with Gasteiger partial charge in [-0.3, -0.25) is 0 Å². The third-order valence-corrected chi connectivity index (χ3v) is 6.71. The van der Waals surface area contributed by atoms with Crippen molar-refractivity contribution < 1.29 is 0 Å². The number of likely N-dealkylation sites (tertiary alicyclic amines) is 1. The molecule has 4 aliphatic rings. The van der Waals surface area contributed by atoms with Crippen LogP contribution < -0.4 is 5.32 Å². The Bertz CT molecular complexity index is 391. The third kappa shape index (κ3) is 1.83. The monoisotopic (exact) mass is 260 g/mol. The average molecular weight is 260 g/mol. The summed E-state index contributed by atoms with van der Waals surface area (Å²) in [5.41, 5.74) is 0.437. The Kier molecular flexibility index (Phi) is 2.82. The molecule has 106 valence electrons. The lowest BCUT2D eigenvalue weighted by atomic mass is 9.54. The first kappa shape index (κ1) is 12.4. The summed E-state index contributed by atoms with van der Waals surface area (Å²) >= 11 is 0. The van der Waals surface area contributed by atoms with Crippen molar-refractivity contribution in [2.24, 2.45) is 23.7 Å². The second-order valence-electron chi connectivity index (χ2n) is 7.86. The van der Waals surface area contributed by atoms with E-state index in [0.29, 0.717) is 5.54 Å². The highest BCUT2D eigenvalue weighted by Crippen LogP contribution is 2.53. The van der Waals surface area contributed by atoms with Crippen molar-refractivity contribution in [3.63, 3.8) is 0 Å². The van der Waals surface area contributed by atoms with Crippen LogP contribution in [0.15, 0.2) is 12.2 Å². The smallest absolute Gasteiger partial charge is 0.0262 e. The summed E-state index contributed by atoms with van der Waals surface area (Å²) in [6.07, 6.45) is 11.9. The maximum atomic E-state index is 3.92. The lowest BCUT2D eigenvalue weighted by molar-refractivity contribution is -0.0820. The van der Waals surface area contributed by atoms with Crippen molar-refractivity contribution in [2.75, 3.05) is 20.1 Å². The zero-order valence-corrected chi connectivity index (χ0v) is 12.4. The number of piperidine rings is 1. The Morgan fingerprint density at radius 1 is 1.21 bits per heavy atom. The molecular formula is C17H28N2. The Morgan fingerprint density at radius 3 is 2.89 bits per heavy atom. The Balaban J connectivity index is 1.67. The molecule has 2 saturated carbocycles. The van der Waals surface area contributed by atoms with Gasteiger partial charge < -0.3 is 10.2 Å². The molecule has 2 heteroatoms. The van der Waals surface area contributed by atoms with Crippen LogP contribution >= 0.6 is 0 Å². The molecule has 1 N–H and O–H groups in total. The topological polar surface area (TPSA) is 15.3 Å². The van der Waals surface area contributed by atoms with Gasteiger partial charge in [-0.2, -0.15) is 0 Å². The van der Waals surface area contributed by atoms with Gasteiger partial charge in [-0.15, -0.1) is 0 Å². The van der Waals surface area contributed by atoms with Gasteiger partial charge >= 0.3 is 0 Å². The predicted octanol–water partition coefficient (Wildman–Crippen LogP) is 2.66. The predicted molar refractivity (Wildman–Crippen MR) is 79.0 cm³/mol. The molecule has 0 radical (unpaired) electrons. The van der Waals surface area contributed by atoms with Crippen LogP contribution in [0.4, 0.5) is 0 Å². The van der Waals surface area contributed by atoms with Gasteiger partial charge in [0.05, 0.1) is 0 Å². The quantitative estimate of drug-likeness (QED) is 0.674. The molecule has 1 saturated heterocycles. The number of fused-ring (bicyclic) bond motifs is 2. The number of nitrogens with zero attached hydrogens (tertiary/aromatic N) is 1. The number of rotatable bonds is 0. The molecule has 2 aliphatic carbocycles. The fourth-order valence-electron chi connectivity index (χ4n) is 5.88. The van der Waals surface area contributed by atoms with E-state index in [9.17, 15) is 0 Å². The van der Waals surface area contributed by atoms with Gasteiger partial charge in [-0.1, -0.05) is 19.1 Å². The van der Waals surface area contributed by atoms with Crippen molar-refractivity contribution in [2.45, 2.75) is 50.6 Å². The summed E-state index contributed by atoms with van der Waals surface area (Å²) in [6, 6.07) is 0.890. The molecule has 1 spiro atoms. The minimum atomic E-state index is 0.437. The van der Waals surface area contributed by atoms with E-state index in [0.717, 1.165) is 36.3 Å². The molecule has 4 unspecified atom stereocenters. The summed E-state index contributed by atoms with van der Waals surface area (Å²) in [6.45, 7) is 4.89. The van der Waals surface area contributed by atoms with Crippen LogP contribution in [0.1, 0.15) is 39.0 Å². The molecule has 0 aromatic carbocycles. The van der Waals surface area contributed by atoms with Gasteiger partial charge in [0.25, 0.3) is 0 Å². The van der Waals surface area contributed by atoms with Crippen molar-refractivity contribution in [3.05, 3.63) is 12.2 Å². The van der Waals surface area contributed by atoms with Crippen LogP contribution in [0, 0.1) is 23.7 Å². The summed E-state index contributed by atoms with van der Waals surface area (Å²) in [4.78, 5) is 2.71. The highest BCUT2D eigenvalue weighted by atomic mass is 15.2. The van der Waals surface area contributed by atoms with Crippen LogP contribution in [0.5, 0.6) is 0 Å². The third-order valence-electron chi connectivity index (χ3n) is 6.71. The lowest BCUT2D eigenvalue weighted by Gasteiger charge is -2.61. The van der Waals surface area contributed by atoms with Gasteiger partial charge in [0.2, 0.25) is 0 Å². The Morgan fingerprint density at radius 2 is 2.11 bits per heavy atom. The van der Waals surface area contributed by atoms with Crippen molar-refractivity contribution in [1.29, 1.82) is 0 Å². The summed E-state index contributed by atoms with van der Waals surface area (Å²) in [5, 5.41) is 3.92. The van der Waals surface area contributed by atoms with E-state index in [2.05, 4.69) is 36.3 Å². The summed E-state index contributed by atoms with van der Waals surface area (Å²) in [5.74, 6) is 3.79. The maximum Gasteiger partial charge on any atom is 0.0262 e. The lowest BCUT2D eigenvalue weighted by Crippen LogP contribution is -2.66. The second-order valence-corrected chi connectivity index (χ2v) is 7.86. The van der Waals surface area contributed by atoms with Crippen LogP contribution in [-0.2, 0) is 0 Å². The molecule has 3 fully saturated rings. The standard InChI is InChI=1S/C17H28N2/c1-12-7-13-10-17(5-3-4-6-18-17)14-9-15(13)16(8-12)19(2)11-14/h3-4,12-16,18H,5-11H2,1-2H3/t12?,13?,14?,15?,16-,17+/m0/s1. The molecule has 4 rings (SSSR count). The zero-order valence-electron chi connectivity index (χ0n) is 12.4. The van der Waals surface area contributed by atoms with Gasteiger partial charge in [-0.05, 0) is 62.8 Å². The molecule has 0 amide bonds. The van der Waals surface area contributed by atoms with E-state index in [1.807, 2.05) is 0 Å². The fraction of sp³-hybridized carbons (Fsp3) is 0.882. The van der Waals surface area contributed by atoms with Gasteiger partial charge in [0.1, 0.15) is 0 Å². The van der Waals surface area contributed by atoms with Gasteiger partial charge in [0.15, 0.2) is 0 Å². The van der Waals surface area contributed by atoms with E-state index in [1.54, 1.807) is 0 Å². The average Bonchev–Trinajstić information content (AvgIpc) is 2.40. The first-order valence-corrected chi connectivity index (χ1v) is 8.28. The van der Waals surface area contributed by atoms with Crippen molar-refractivity contribution in [1.82, 2.24) is 10.2 Å². The highest BCUT2D eigenvalue weighted by Gasteiger charge is 2.54. The molecule has 0 aromatic heterocycles. The molecule has 2 bridgehead atoms. The van der Waals surface area contributed by atoms with Gasteiger partial charge in [-0.25, -0.2) is 0 Å². The van der Waals surface area contributed by atoms with Crippen LogP contribution in [0.25, 0.3) is 0 Å². The van der Waals surface area contributed by atoms with E-state index in [-0.39, 0.29) is 0 Å². The molecule has 2 nitrogen and oxygen atoms in total. The van der Waals surface area contributed by atoms with E-state index in [1.165, 1.54) is 38.6 Å². The molecule has 2 aliphatic heterocycles. The normalized spacial score (nSPS) is 53.5. The number of nitrogens with one attached hydrogen (secondary N) is 1. The maximum absolute atomic E-state index is 3.92. The molecule has 19 heavy (non-hydrogen) atoms. The Labute approximate surface area is 117 Å². The SMILES string of the molecule is CC1CC2C[C@]3(CC=CCN3)C3CC2[C@H](C1)N(C)C3. The first-order chi connectivity index (χ1) is 9.18. The van der Waals surface area contributed by atoms with E-state index < -0.39 is 0 Å². The number of hydrogen-bond donors (Lipinski definition) is 1. The molecule has 6 atom stereocenters. The van der Waals surface area contributed by atoms with E-state index in [4.69, 9.17) is 0 Å². The first-order valence-electron chi connectivity index (χ1n) is 8.28. The molecule has 2 heterocycles. The minimum Gasteiger partial charge on any atom is -0.307 e. The zero-order chi connectivity index (χ0) is 13.0. The second kappa shape index (κ2) is 4.33. The fourth-order valence-corrected chi connectivity index (χ4v) is 5.88. The minimum absolute atomic E-state index is 0.437. The summed E-state index contributed by atoms with van der Waals surface area (Å²) in [7, 11) is 2.39. The molecular weight excluding hydrogens is 232 g/mol.